The Morgan fingerprint density at radius 1 is 1.16 bits per heavy atom. The van der Waals surface area contributed by atoms with Gasteiger partial charge in [0.1, 0.15) is 12.7 Å². The lowest BCUT2D eigenvalue weighted by Gasteiger charge is -2.16. The molecule has 170 valence electrons. The molecule has 3 rings (SSSR count). The van der Waals surface area contributed by atoms with Gasteiger partial charge in [-0.2, -0.15) is 18.3 Å². The Bertz CT molecular complexity index is 1020. The second-order valence-electron chi connectivity index (χ2n) is 7.11. The van der Waals surface area contributed by atoms with Crippen LogP contribution < -0.4 is 14.8 Å². The summed E-state index contributed by atoms with van der Waals surface area (Å²) in [4.78, 5) is 16.3. The third kappa shape index (κ3) is 6.47. The Labute approximate surface area is 183 Å². The third-order valence-corrected chi connectivity index (χ3v) is 4.71. The van der Waals surface area contributed by atoms with Crippen LogP contribution in [0, 0.1) is 0 Å². The molecule has 2 aromatic carbocycles. The number of rotatable bonds is 9. The van der Waals surface area contributed by atoms with E-state index in [0.717, 1.165) is 16.8 Å². The van der Waals surface area contributed by atoms with Gasteiger partial charge >= 0.3 is 6.18 Å². The first-order valence-electron chi connectivity index (χ1n) is 9.86. The van der Waals surface area contributed by atoms with E-state index in [1.165, 1.54) is 19.5 Å². The number of nitrogens with one attached hydrogen (secondary N) is 1. The first-order valence-corrected chi connectivity index (χ1v) is 9.86. The van der Waals surface area contributed by atoms with Crippen LogP contribution in [0.4, 0.5) is 13.2 Å². The largest absolute Gasteiger partial charge is 0.493 e. The van der Waals surface area contributed by atoms with E-state index < -0.39 is 12.8 Å². The van der Waals surface area contributed by atoms with E-state index in [0.29, 0.717) is 6.42 Å². The number of nitrogens with zero attached hydrogens (tertiary/aromatic N) is 3. The molecule has 0 radical (unpaired) electrons. The fourth-order valence-electron chi connectivity index (χ4n) is 3.06. The predicted octanol–water partition coefficient (Wildman–Crippen LogP) is 4.03. The molecule has 0 saturated carbocycles. The molecule has 1 atom stereocenters. The quantitative estimate of drug-likeness (QED) is 0.535. The number of aromatic nitrogens is 3. The van der Waals surface area contributed by atoms with Gasteiger partial charge in [-0.05, 0) is 48.7 Å². The van der Waals surface area contributed by atoms with Crippen molar-refractivity contribution >= 4 is 5.91 Å². The topological polar surface area (TPSA) is 78.3 Å². The van der Waals surface area contributed by atoms with Crippen molar-refractivity contribution in [3.63, 3.8) is 0 Å². The van der Waals surface area contributed by atoms with Gasteiger partial charge in [-0.15, -0.1) is 0 Å². The van der Waals surface area contributed by atoms with Crippen LogP contribution in [-0.4, -0.2) is 40.6 Å². The number of amides is 1. The zero-order valence-corrected chi connectivity index (χ0v) is 17.6. The number of aryl methyl sites for hydroxylation is 1. The number of benzene rings is 2. The summed E-state index contributed by atoms with van der Waals surface area (Å²) in [6.45, 7) is 0.487. The number of carbonyl (C=O) groups is 1. The van der Waals surface area contributed by atoms with Crippen LogP contribution in [0.15, 0.2) is 55.1 Å². The van der Waals surface area contributed by atoms with Gasteiger partial charge < -0.3 is 14.8 Å². The van der Waals surface area contributed by atoms with Crippen LogP contribution in [0.1, 0.15) is 30.5 Å². The van der Waals surface area contributed by atoms with Gasteiger partial charge in [-0.1, -0.05) is 18.2 Å². The molecule has 10 heteroatoms. The van der Waals surface area contributed by atoms with Crippen molar-refractivity contribution in [2.24, 2.45) is 0 Å². The maximum Gasteiger partial charge on any atom is 0.422 e. The number of hydrogen-bond donors (Lipinski definition) is 1. The lowest BCUT2D eigenvalue weighted by Crippen LogP contribution is -2.26. The van der Waals surface area contributed by atoms with Gasteiger partial charge in [-0.3, -0.25) is 4.79 Å². The average Bonchev–Trinajstić information content (AvgIpc) is 3.31. The highest BCUT2D eigenvalue weighted by atomic mass is 19.4. The molecule has 1 heterocycles. The summed E-state index contributed by atoms with van der Waals surface area (Å²) in [5.74, 6) is 0.0446. The summed E-state index contributed by atoms with van der Waals surface area (Å²) < 4.78 is 48.6. The van der Waals surface area contributed by atoms with E-state index in [9.17, 15) is 18.0 Å². The average molecular weight is 448 g/mol. The molecule has 32 heavy (non-hydrogen) atoms. The van der Waals surface area contributed by atoms with E-state index >= 15 is 0 Å². The van der Waals surface area contributed by atoms with E-state index in [2.05, 4.69) is 15.4 Å². The number of ether oxygens (including phenoxy) is 2. The fourth-order valence-corrected chi connectivity index (χ4v) is 3.06. The second kappa shape index (κ2) is 10.2. The molecule has 1 N–H and O–H groups in total. The van der Waals surface area contributed by atoms with Crippen molar-refractivity contribution in [1.29, 1.82) is 0 Å². The van der Waals surface area contributed by atoms with Gasteiger partial charge in [0.05, 0.1) is 18.8 Å². The summed E-state index contributed by atoms with van der Waals surface area (Å²) in [5, 5.41) is 7.01. The van der Waals surface area contributed by atoms with Crippen molar-refractivity contribution in [1.82, 2.24) is 20.1 Å². The highest BCUT2D eigenvalue weighted by molar-refractivity contribution is 5.76. The van der Waals surface area contributed by atoms with Crippen molar-refractivity contribution in [2.45, 2.75) is 32.0 Å². The van der Waals surface area contributed by atoms with Crippen LogP contribution in [0.25, 0.3) is 5.69 Å². The Morgan fingerprint density at radius 2 is 1.91 bits per heavy atom. The van der Waals surface area contributed by atoms with Crippen LogP contribution in [-0.2, 0) is 11.2 Å². The standard InChI is InChI=1S/C22H23F3N4O3/c1-15(17-5-7-18(8-6-17)29-14-26-13-27-29)28-21(30)10-4-16-3-9-19(20(11-16)31-2)32-12-22(23,24)25/h3,5-9,11,13-15H,4,10,12H2,1-2H3,(H,28,30). The van der Waals surface area contributed by atoms with Crippen LogP contribution >= 0.6 is 0 Å². The summed E-state index contributed by atoms with van der Waals surface area (Å²) in [6, 6.07) is 12.0. The molecule has 0 spiro atoms. The molecular formula is C22H23F3N4O3. The van der Waals surface area contributed by atoms with E-state index in [4.69, 9.17) is 9.47 Å². The number of halogens is 3. The molecule has 1 aromatic heterocycles. The molecular weight excluding hydrogens is 425 g/mol. The maximum atomic E-state index is 12.4. The smallest absolute Gasteiger partial charge is 0.422 e. The van der Waals surface area contributed by atoms with Crippen molar-refractivity contribution in [3.05, 3.63) is 66.2 Å². The van der Waals surface area contributed by atoms with Gasteiger partial charge in [0, 0.05) is 6.42 Å². The predicted molar refractivity (Wildman–Crippen MR) is 111 cm³/mol. The molecule has 0 bridgehead atoms. The molecule has 0 saturated heterocycles. The van der Waals surface area contributed by atoms with Gasteiger partial charge in [0.15, 0.2) is 18.1 Å². The first kappa shape index (κ1) is 23.1. The molecule has 1 amide bonds. The first-order chi connectivity index (χ1) is 15.2. The zero-order valence-electron chi connectivity index (χ0n) is 17.6. The third-order valence-electron chi connectivity index (χ3n) is 4.71. The SMILES string of the molecule is COc1cc(CCC(=O)NC(C)c2ccc(-n3cncn3)cc2)ccc1OCC(F)(F)F. The molecule has 0 aliphatic carbocycles. The van der Waals surface area contributed by atoms with Crippen molar-refractivity contribution < 1.29 is 27.4 Å². The van der Waals surface area contributed by atoms with E-state index in [1.807, 2.05) is 31.2 Å². The lowest BCUT2D eigenvalue weighted by molar-refractivity contribution is -0.153. The highest BCUT2D eigenvalue weighted by Gasteiger charge is 2.29. The minimum absolute atomic E-state index is 0.000915. The monoisotopic (exact) mass is 448 g/mol. The summed E-state index contributed by atoms with van der Waals surface area (Å²) in [6.07, 6.45) is -0.762. The summed E-state index contributed by atoms with van der Waals surface area (Å²) >= 11 is 0. The number of methoxy groups -OCH3 is 1. The van der Waals surface area contributed by atoms with Gasteiger partial charge in [0.25, 0.3) is 0 Å². The molecule has 0 aliphatic rings. The second-order valence-corrected chi connectivity index (χ2v) is 7.11. The normalized spacial score (nSPS) is 12.3. The molecule has 0 aliphatic heterocycles. The van der Waals surface area contributed by atoms with Crippen LogP contribution in [0.2, 0.25) is 0 Å². The van der Waals surface area contributed by atoms with Gasteiger partial charge in [0.2, 0.25) is 5.91 Å². The Morgan fingerprint density at radius 3 is 2.53 bits per heavy atom. The van der Waals surface area contributed by atoms with Crippen molar-refractivity contribution in [2.75, 3.05) is 13.7 Å². The summed E-state index contributed by atoms with van der Waals surface area (Å²) in [7, 11) is 1.35. The summed E-state index contributed by atoms with van der Waals surface area (Å²) in [5.41, 5.74) is 2.55. The molecule has 1 unspecified atom stereocenters. The minimum atomic E-state index is -4.44. The molecule has 7 nitrogen and oxygen atoms in total. The maximum absolute atomic E-state index is 12.4. The van der Waals surface area contributed by atoms with Gasteiger partial charge in [-0.25, -0.2) is 9.67 Å². The van der Waals surface area contributed by atoms with E-state index in [1.54, 1.807) is 23.1 Å². The Balaban J connectivity index is 1.52. The number of alkyl halides is 3. The number of hydrogen-bond acceptors (Lipinski definition) is 5. The molecule has 3 aromatic rings. The van der Waals surface area contributed by atoms with E-state index in [-0.39, 0.29) is 29.9 Å². The zero-order chi connectivity index (χ0) is 23.1. The highest BCUT2D eigenvalue weighted by Crippen LogP contribution is 2.30. The lowest BCUT2D eigenvalue weighted by atomic mass is 10.1. The molecule has 0 fully saturated rings. The number of carbonyl (C=O) groups excluding carboxylic acids is 1. The van der Waals surface area contributed by atoms with Crippen LogP contribution in [0.5, 0.6) is 11.5 Å². The van der Waals surface area contributed by atoms with Crippen LogP contribution in [0.3, 0.4) is 0 Å². The van der Waals surface area contributed by atoms with Crippen molar-refractivity contribution in [3.8, 4) is 17.2 Å². The minimum Gasteiger partial charge on any atom is -0.493 e. The fraction of sp³-hybridized carbons (Fsp3) is 0.318. The Kier molecular flexibility index (Phi) is 7.34. The Hall–Kier alpha value is -3.56.